The second-order valence-corrected chi connectivity index (χ2v) is 9.60. The minimum atomic E-state index is -0.106. The van der Waals surface area contributed by atoms with Gasteiger partial charge in [-0.3, -0.25) is 4.98 Å². The molecule has 0 atom stereocenters. The van der Waals surface area contributed by atoms with E-state index in [0.717, 1.165) is 22.4 Å². The molecule has 3 heteroatoms. The molecule has 0 fully saturated rings. The Balaban J connectivity index is 1.57. The number of hydrogen-bond acceptors (Lipinski definition) is 3. The first-order valence-electron chi connectivity index (χ1n) is 12.1. The maximum Gasteiger partial charge on any atom is 0.101 e. The topological polar surface area (TPSA) is 39.9 Å². The summed E-state index contributed by atoms with van der Waals surface area (Å²) in [6.45, 7) is 4.61. The quantitative estimate of drug-likeness (QED) is 0.270. The van der Waals surface area contributed by atoms with Gasteiger partial charge in [-0.2, -0.15) is 5.26 Å². The van der Waals surface area contributed by atoms with E-state index in [1.54, 1.807) is 12.3 Å². The van der Waals surface area contributed by atoms with Gasteiger partial charge in [-0.05, 0) is 53.1 Å². The van der Waals surface area contributed by atoms with Crippen LogP contribution in [-0.4, -0.2) is 4.98 Å². The van der Waals surface area contributed by atoms with Crippen molar-refractivity contribution >= 4 is 17.1 Å². The third-order valence-corrected chi connectivity index (χ3v) is 7.16. The molecule has 2 heterocycles. The van der Waals surface area contributed by atoms with Crippen LogP contribution in [0.15, 0.2) is 115 Å². The zero-order valence-corrected chi connectivity index (χ0v) is 20.3. The predicted octanol–water partition coefficient (Wildman–Crippen LogP) is 8.40. The van der Waals surface area contributed by atoms with E-state index in [-0.39, 0.29) is 5.41 Å². The lowest BCUT2D eigenvalue weighted by atomic mass is 9.73. The SMILES string of the molecule is CC1(C)c2ccccc2N(c2ccccc2-c2cccc(-c3ncccc3C#N)c2)c2ccccc21. The minimum Gasteiger partial charge on any atom is -0.309 e. The van der Waals surface area contributed by atoms with Crippen LogP contribution in [0.5, 0.6) is 0 Å². The number of pyridine rings is 1. The summed E-state index contributed by atoms with van der Waals surface area (Å²) in [6, 6.07) is 40.1. The first-order valence-corrected chi connectivity index (χ1v) is 12.1. The summed E-state index contributed by atoms with van der Waals surface area (Å²) >= 11 is 0. The van der Waals surface area contributed by atoms with Gasteiger partial charge in [0.2, 0.25) is 0 Å². The molecule has 0 saturated carbocycles. The highest BCUT2D eigenvalue weighted by Crippen LogP contribution is 2.53. The van der Waals surface area contributed by atoms with Crippen LogP contribution in [0.3, 0.4) is 0 Å². The lowest BCUT2D eigenvalue weighted by Crippen LogP contribution is -2.30. The molecule has 0 bridgehead atoms. The average molecular weight is 464 g/mol. The number of fused-ring (bicyclic) bond motifs is 2. The minimum absolute atomic E-state index is 0.106. The zero-order valence-electron chi connectivity index (χ0n) is 20.3. The van der Waals surface area contributed by atoms with E-state index in [1.807, 2.05) is 18.2 Å². The molecule has 3 nitrogen and oxygen atoms in total. The lowest BCUT2D eigenvalue weighted by molar-refractivity contribution is 0.632. The molecule has 0 amide bonds. The van der Waals surface area contributed by atoms with Gasteiger partial charge in [0, 0.05) is 22.7 Å². The molecule has 1 aliphatic heterocycles. The van der Waals surface area contributed by atoms with Gasteiger partial charge in [-0.1, -0.05) is 86.6 Å². The van der Waals surface area contributed by atoms with Crippen LogP contribution < -0.4 is 4.90 Å². The Bertz CT molecular complexity index is 1590. The molecule has 0 aliphatic carbocycles. The van der Waals surface area contributed by atoms with Gasteiger partial charge >= 0.3 is 0 Å². The van der Waals surface area contributed by atoms with Crippen LogP contribution in [0.1, 0.15) is 30.5 Å². The van der Waals surface area contributed by atoms with Gasteiger partial charge < -0.3 is 4.90 Å². The van der Waals surface area contributed by atoms with Gasteiger partial charge in [-0.15, -0.1) is 0 Å². The zero-order chi connectivity index (χ0) is 24.7. The molecule has 1 aromatic heterocycles. The van der Waals surface area contributed by atoms with Crippen molar-refractivity contribution in [1.29, 1.82) is 5.26 Å². The van der Waals surface area contributed by atoms with Crippen molar-refractivity contribution in [2.24, 2.45) is 0 Å². The summed E-state index contributed by atoms with van der Waals surface area (Å²) in [6.07, 6.45) is 1.74. The predicted molar refractivity (Wildman–Crippen MR) is 147 cm³/mol. The van der Waals surface area contributed by atoms with E-state index in [1.165, 1.54) is 22.5 Å². The van der Waals surface area contributed by atoms with Crippen LogP contribution in [0.25, 0.3) is 22.4 Å². The number of nitrogens with zero attached hydrogens (tertiary/aromatic N) is 3. The molecule has 36 heavy (non-hydrogen) atoms. The molecule has 5 aromatic rings. The van der Waals surface area contributed by atoms with Crippen LogP contribution in [0.4, 0.5) is 17.1 Å². The van der Waals surface area contributed by atoms with Crippen molar-refractivity contribution in [1.82, 2.24) is 4.98 Å². The standard InChI is InChI=1S/C33H25N3/c1-33(2)27-15-4-7-18-30(27)36(31-19-8-5-16-28(31)33)29-17-6-3-14-26(29)23-11-9-12-24(21-23)32-25(22-34)13-10-20-35-32/h3-21H,1-2H3. The number of nitriles is 1. The highest BCUT2D eigenvalue weighted by atomic mass is 15.2. The van der Waals surface area contributed by atoms with Gasteiger partial charge in [0.25, 0.3) is 0 Å². The number of anilines is 3. The lowest BCUT2D eigenvalue weighted by Gasteiger charge is -2.42. The largest absolute Gasteiger partial charge is 0.309 e. The molecule has 0 N–H and O–H groups in total. The Morgan fingerprint density at radius 3 is 1.97 bits per heavy atom. The van der Waals surface area contributed by atoms with Crippen molar-refractivity contribution < 1.29 is 0 Å². The summed E-state index contributed by atoms with van der Waals surface area (Å²) in [5, 5.41) is 9.61. The monoisotopic (exact) mass is 463 g/mol. The molecule has 0 spiro atoms. The van der Waals surface area contributed by atoms with E-state index >= 15 is 0 Å². The fraction of sp³-hybridized carbons (Fsp3) is 0.0909. The second kappa shape index (κ2) is 8.52. The summed E-state index contributed by atoms with van der Waals surface area (Å²) in [5.74, 6) is 0. The van der Waals surface area contributed by atoms with Crippen LogP contribution in [-0.2, 0) is 5.41 Å². The fourth-order valence-electron chi connectivity index (χ4n) is 5.40. The Morgan fingerprint density at radius 1 is 0.667 bits per heavy atom. The van der Waals surface area contributed by atoms with E-state index in [0.29, 0.717) is 11.3 Å². The van der Waals surface area contributed by atoms with Crippen molar-refractivity contribution in [3.63, 3.8) is 0 Å². The third-order valence-electron chi connectivity index (χ3n) is 7.16. The maximum absolute atomic E-state index is 9.61. The first-order chi connectivity index (χ1) is 17.6. The third kappa shape index (κ3) is 3.39. The van der Waals surface area contributed by atoms with Crippen LogP contribution >= 0.6 is 0 Å². The summed E-state index contributed by atoms with van der Waals surface area (Å²) < 4.78 is 0. The number of para-hydroxylation sites is 3. The number of hydrogen-bond donors (Lipinski definition) is 0. The molecule has 0 radical (unpaired) electrons. The van der Waals surface area contributed by atoms with E-state index in [4.69, 9.17) is 0 Å². The van der Waals surface area contributed by atoms with E-state index in [9.17, 15) is 5.26 Å². The van der Waals surface area contributed by atoms with Crippen molar-refractivity contribution in [3.05, 3.63) is 132 Å². The first kappa shape index (κ1) is 21.8. The Hall–Kier alpha value is -4.68. The highest BCUT2D eigenvalue weighted by molar-refractivity contribution is 5.93. The van der Waals surface area contributed by atoms with Gasteiger partial charge in [0.05, 0.1) is 28.3 Å². The average Bonchev–Trinajstić information content (AvgIpc) is 2.94. The molecule has 6 rings (SSSR count). The Morgan fingerprint density at radius 2 is 1.28 bits per heavy atom. The van der Waals surface area contributed by atoms with Crippen LogP contribution in [0, 0.1) is 11.3 Å². The number of aromatic nitrogens is 1. The molecule has 0 unspecified atom stereocenters. The normalized spacial score (nSPS) is 13.4. The molecule has 1 aliphatic rings. The van der Waals surface area contributed by atoms with Crippen molar-refractivity contribution in [2.75, 3.05) is 4.90 Å². The van der Waals surface area contributed by atoms with Crippen LogP contribution in [0.2, 0.25) is 0 Å². The molecule has 4 aromatic carbocycles. The van der Waals surface area contributed by atoms with E-state index < -0.39 is 0 Å². The van der Waals surface area contributed by atoms with Gasteiger partial charge in [0.1, 0.15) is 6.07 Å². The highest BCUT2D eigenvalue weighted by Gasteiger charge is 2.36. The second-order valence-electron chi connectivity index (χ2n) is 9.60. The van der Waals surface area contributed by atoms with E-state index in [2.05, 4.69) is 115 Å². The molecular weight excluding hydrogens is 438 g/mol. The summed E-state index contributed by atoms with van der Waals surface area (Å²) in [5.41, 5.74) is 10.4. The molecule has 0 saturated heterocycles. The van der Waals surface area contributed by atoms with Crippen molar-refractivity contribution in [2.45, 2.75) is 19.3 Å². The van der Waals surface area contributed by atoms with Crippen molar-refractivity contribution in [3.8, 4) is 28.5 Å². The molecule has 172 valence electrons. The Labute approximate surface area is 211 Å². The maximum atomic E-state index is 9.61. The number of rotatable bonds is 3. The Kier molecular flexibility index (Phi) is 5.16. The summed E-state index contributed by atoms with van der Waals surface area (Å²) in [7, 11) is 0. The number of benzene rings is 4. The summed E-state index contributed by atoms with van der Waals surface area (Å²) in [4.78, 5) is 6.90. The smallest absolute Gasteiger partial charge is 0.101 e. The molecular formula is C33H25N3. The van der Waals surface area contributed by atoms with Gasteiger partial charge in [0.15, 0.2) is 0 Å². The van der Waals surface area contributed by atoms with Gasteiger partial charge in [-0.25, -0.2) is 0 Å². The fourth-order valence-corrected chi connectivity index (χ4v) is 5.40.